The maximum Gasteiger partial charge on any atom is 0.233 e. The van der Waals surface area contributed by atoms with Crippen molar-refractivity contribution in [2.75, 3.05) is 26.3 Å². The van der Waals surface area contributed by atoms with Crippen LogP contribution in [0.15, 0.2) is 24.3 Å². The van der Waals surface area contributed by atoms with Crippen LogP contribution in [0.2, 0.25) is 5.02 Å². The number of nitrogens with two attached hydrogens (primary N) is 1. The standard InChI is InChI=1S/C17H23ClN2O2/c18-15-6-2-1-5-14(15)17(7-10-22-11-8-17)16(21)20-9-3-4-13(19)12-20/h1-2,5-6,13H,3-4,7-12,19H2. The van der Waals surface area contributed by atoms with E-state index >= 15 is 0 Å². The first-order valence-electron chi connectivity index (χ1n) is 8.01. The summed E-state index contributed by atoms with van der Waals surface area (Å²) in [5.74, 6) is 0.166. The first-order valence-corrected chi connectivity index (χ1v) is 8.39. The minimum Gasteiger partial charge on any atom is -0.381 e. The van der Waals surface area contributed by atoms with E-state index in [9.17, 15) is 4.79 Å². The van der Waals surface area contributed by atoms with Crippen LogP contribution in [0.25, 0.3) is 0 Å². The molecule has 0 radical (unpaired) electrons. The molecule has 2 aliphatic rings. The third-order valence-corrected chi connectivity index (χ3v) is 5.22. The molecule has 2 fully saturated rings. The molecular formula is C17H23ClN2O2. The molecule has 3 rings (SSSR count). The van der Waals surface area contributed by atoms with Crippen LogP contribution in [0.5, 0.6) is 0 Å². The molecule has 1 unspecified atom stereocenters. The summed E-state index contributed by atoms with van der Waals surface area (Å²) in [6.07, 6.45) is 3.33. The Morgan fingerprint density at radius 3 is 2.73 bits per heavy atom. The second-order valence-electron chi connectivity index (χ2n) is 6.33. The lowest BCUT2D eigenvalue weighted by atomic mass is 9.72. The zero-order valence-electron chi connectivity index (χ0n) is 12.8. The number of carbonyl (C=O) groups excluding carboxylic acids is 1. The Morgan fingerprint density at radius 2 is 2.05 bits per heavy atom. The number of hydrogen-bond donors (Lipinski definition) is 1. The van der Waals surface area contributed by atoms with E-state index in [1.807, 2.05) is 29.2 Å². The fourth-order valence-corrected chi connectivity index (χ4v) is 3.98. The van der Waals surface area contributed by atoms with E-state index in [-0.39, 0.29) is 11.9 Å². The number of ether oxygens (including phenoxy) is 1. The molecular weight excluding hydrogens is 300 g/mol. The maximum absolute atomic E-state index is 13.3. The van der Waals surface area contributed by atoms with Gasteiger partial charge in [0.25, 0.3) is 0 Å². The van der Waals surface area contributed by atoms with Crippen molar-refractivity contribution < 1.29 is 9.53 Å². The lowest BCUT2D eigenvalue weighted by molar-refractivity contribution is -0.142. The fourth-order valence-electron chi connectivity index (χ4n) is 3.66. The summed E-state index contributed by atoms with van der Waals surface area (Å²) in [6, 6.07) is 7.79. The minimum atomic E-state index is -0.562. The second kappa shape index (κ2) is 6.57. The molecule has 5 heteroatoms. The van der Waals surface area contributed by atoms with Crippen molar-refractivity contribution in [3.8, 4) is 0 Å². The quantitative estimate of drug-likeness (QED) is 0.909. The van der Waals surface area contributed by atoms with Gasteiger partial charge in [0.05, 0.1) is 5.41 Å². The van der Waals surface area contributed by atoms with E-state index in [4.69, 9.17) is 22.1 Å². The molecule has 22 heavy (non-hydrogen) atoms. The van der Waals surface area contributed by atoms with Gasteiger partial charge in [0, 0.05) is 37.4 Å². The SMILES string of the molecule is NC1CCCN(C(=O)C2(c3ccccc3Cl)CCOCC2)C1. The van der Waals surface area contributed by atoms with Crippen molar-refractivity contribution in [1.29, 1.82) is 0 Å². The number of halogens is 1. The Hall–Kier alpha value is -1.10. The lowest BCUT2D eigenvalue weighted by Crippen LogP contribution is -2.54. The summed E-state index contributed by atoms with van der Waals surface area (Å²) in [7, 11) is 0. The van der Waals surface area contributed by atoms with Crippen LogP contribution in [0, 0.1) is 0 Å². The van der Waals surface area contributed by atoms with Gasteiger partial charge in [-0.15, -0.1) is 0 Å². The number of benzene rings is 1. The predicted octanol–water partition coefficient (Wildman–Crippen LogP) is 2.34. The molecule has 2 saturated heterocycles. The van der Waals surface area contributed by atoms with Gasteiger partial charge in [-0.25, -0.2) is 0 Å². The first kappa shape index (κ1) is 15.8. The molecule has 1 amide bonds. The molecule has 4 nitrogen and oxygen atoms in total. The van der Waals surface area contributed by atoms with Crippen LogP contribution in [0.4, 0.5) is 0 Å². The normalized spacial score (nSPS) is 25.0. The summed E-state index contributed by atoms with van der Waals surface area (Å²) in [6.45, 7) is 2.62. The van der Waals surface area contributed by atoms with Crippen molar-refractivity contribution in [3.63, 3.8) is 0 Å². The van der Waals surface area contributed by atoms with Gasteiger partial charge in [0.15, 0.2) is 0 Å². The van der Waals surface area contributed by atoms with E-state index in [1.165, 1.54) is 0 Å². The molecule has 1 aromatic carbocycles. The number of nitrogens with zero attached hydrogens (tertiary/aromatic N) is 1. The fraction of sp³-hybridized carbons (Fsp3) is 0.588. The molecule has 0 saturated carbocycles. The van der Waals surface area contributed by atoms with Gasteiger partial charge in [-0.2, -0.15) is 0 Å². The Labute approximate surface area is 136 Å². The molecule has 0 spiro atoms. The molecule has 2 N–H and O–H groups in total. The molecule has 0 aliphatic carbocycles. The molecule has 0 aromatic heterocycles. The molecule has 2 aliphatic heterocycles. The highest BCUT2D eigenvalue weighted by atomic mass is 35.5. The summed E-state index contributed by atoms with van der Waals surface area (Å²) in [4.78, 5) is 15.3. The third kappa shape index (κ3) is 2.87. The predicted molar refractivity (Wildman–Crippen MR) is 87.0 cm³/mol. The van der Waals surface area contributed by atoms with E-state index in [0.717, 1.165) is 24.9 Å². The molecule has 1 aromatic rings. The van der Waals surface area contributed by atoms with E-state index in [0.29, 0.717) is 37.6 Å². The minimum absolute atomic E-state index is 0.0841. The average molecular weight is 323 g/mol. The molecule has 1 atom stereocenters. The Bertz CT molecular complexity index is 543. The number of hydrogen-bond acceptors (Lipinski definition) is 3. The Morgan fingerprint density at radius 1 is 1.32 bits per heavy atom. The number of amides is 1. The van der Waals surface area contributed by atoms with Crippen LogP contribution < -0.4 is 5.73 Å². The highest BCUT2D eigenvalue weighted by molar-refractivity contribution is 6.31. The van der Waals surface area contributed by atoms with Crippen LogP contribution >= 0.6 is 11.6 Å². The van der Waals surface area contributed by atoms with Crippen molar-refractivity contribution in [3.05, 3.63) is 34.9 Å². The number of piperidine rings is 1. The van der Waals surface area contributed by atoms with Gasteiger partial charge >= 0.3 is 0 Å². The van der Waals surface area contributed by atoms with Crippen LogP contribution in [0.3, 0.4) is 0 Å². The van der Waals surface area contributed by atoms with E-state index in [1.54, 1.807) is 0 Å². The van der Waals surface area contributed by atoms with Gasteiger partial charge in [-0.1, -0.05) is 29.8 Å². The highest BCUT2D eigenvalue weighted by Crippen LogP contribution is 2.40. The van der Waals surface area contributed by atoms with Gasteiger partial charge in [-0.3, -0.25) is 4.79 Å². The third-order valence-electron chi connectivity index (χ3n) is 4.89. The maximum atomic E-state index is 13.3. The summed E-state index contributed by atoms with van der Waals surface area (Å²) < 4.78 is 5.51. The van der Waals surface area contributed by atoms with Crippen molar-refractivity contribution in [1.82, 2.24) is 4.90 Å². The van der Waals surface area contributed by atoms with Crippen LogP contribution in [0.1, 0.15) is 31.2 Å². The summed E-state index contributed by atoms with van der Waals surface area (Å²) in [5, 5.41) is 0.666. The number of carbonyl (C=O) groups is 1. The second-order valence-corrected chi connectivity index (χ2v) is 6.74. The van der Waals surface area contributed by atoms with Gasteiger partial charge < -0.3 is 15.4 Å². The summed E-state index contributed by atoms with van der Waals surface area (Å²) >= 11 is 6.42. The zero-order valence-corrected chi connectivity index (χ0v) is 13.5. The Kier molecular flexibility index (Phi) is 4.71. The molecule has 2 heterocycles. The largest absolute Gasteiger partial charge is 0.381 e. The monoisotopic (exact) mass is 322 g/mol. The summed E-state index contributed by atoms with van der Waals surface area (Å²) in [5.41, 5.74) is 6.43. The molecule has 120 valence electrons. The number of likely N-dealkylation sites (tertiary alicyclic amines) is 1. The Balaban J connectivity index is 1.95. The van der Waals surface area contributed by atoms with E-state index < -0.39 is 5.41 Å². The highest BCUT2D eigenvalue weighted by Gasteiger charge is 2.45. The molecule has 0 bridgehead atoms. The van der Waals surface area contributed by atoms with Gasteiger partial charge in [0.1, 0.15) is 0 Å². The van der Waals surface area contributed by atoms with Crippen molar-refractivity contribution in [2.24, 2.45) is 5.73 Å². The zero-order chi connectivity index (χ0) is 15.6. The van der Waals surface area contributed by atoms with E-state index in [2.05, 4.69) is 0 Å². The topological polar surface area (TPSA) is 55.6 Å². The van der Waals surface area contributed by atoms with Crippen LogP contribution in [-0.4, -0.2) is 43.2 Å². The van der Waals surface area contributed by atoms with Gasteiger partial charge in [-0.05, 0) is 37.3 Å². The van der Waals surface area contributed by atoms with Gasteiger partial charge in [0.2, 0.25) is 5.91 Å². The van der Waals surface area contributed by atoms with Crippen LogP contribution in [-0.2, 0) is 14.9 Å². The van der Waals surface area contributed by atoms with Crippen molar-refractivity contribution in [2.45, 2.75) is 37.1 Å². The smallest absolute Gasteiger partial charge is 0.233 e. The van der Waals surface area contributed by atoms with Crippen molar-refractivity contribution >= 4 is 17.5 Å². The number of rotatable bonds is 2. The lowest BCUT2D eigenvalue weighted by Gasteiger charge is -2.42. The average Bonchev–Trinajstić information content (AvgIpc) is 2.55. The first-order chi connectivity index (χ1) is 10.6.